The number of nitrogens with one attached hydrogen (secondary N) is 1. The largest absolute Gasteiger partial charge is 0.307 e. The van der Waals surface area contributed by atoms with E-state index in [9.17, 15) is 4.79 Å². The van der Waals surface area contributed by atoms with E-state index in [0.717, 1.165) is 19.4 Å². The van der Waals surface area contributed by atoms with E-state index >= 15 is 0 Å². The fraction of sp³-hybridized carbons (Fsp3) is 0.857. The molecule has 1 fully saturated rings. The van der Waals surface area contributed by atoms with E-state index in [1.807, 2.05) is 6.92 Å². The minimum atomic E-state index is 0. The van der Waals surface area contributed by atoms with Gasteiger partial charge in [0.1, 0.15) is 5.78 Å². The number of hydrogen-bond donors (Lipinski definition) is 1. The van der Waals surface area contributed by atoms with Gasteiger partial charge in [0.25, 0.3) is 0 Å². The first-order valence-electron chi connectivity index (χ1n) is 3.60. The molecule has 3 heteroatoms. The summed E-state index contributed by atoms with van der Waals surface area (Å²) in [6.45, 7) is 2.94. The standard InChI is InChI=1S/C7H13NO.ClH/c1-2-7(9)6-4-3-5-8-6;/h6,8H,2-5H2,1H3;1H. The highest BCUT2D eigenvalue weighted by Crippen LogP contribution is 2.06. The summed E-state index contributed by atoms with van der Waals surface area (Å²) >= 11 is 0. The fourth-order valence-corrected chi connectivity index (χ4v) is 1.21. The van der Waals surface area contributed by atoms with Gasteiger partial charge in [0.05, 0.1) is 6.04 Å². The second-order valence-electron chi connectivity index (χ2n) is 2.47. The lowest BCUT2D eigenvalue weighted by Crippen LogP contribution is -2.29. The molecule has 0 aromatic heterocycles. The zero-order valence-corrected chi connectivity index (χ0v) is 7.04. The average molecular weight is 164 g/mol. The first-order chi connectivity index (χ1) is 4.34. The summed E-state index contributed by atoms with van der Waals surface area (Å²) in [6.07, 6.45) is 2.89. The molecule has 1 atom stereocenters. The van der Waals surface area contributed by atoms with Crippen molar-refractivity contribution in [2.45, 2.75) is 32.2 Å². The molecule has 0 spiro atoms. The summed E-state index contributed by atoms with van der Waals surface area (Å²) in [5.74, 6) is 0.368. The van der Waals surface area contributed by atoms with Crippen molar-refractivity contribution in [3.05, 3.63) is 0 Å². The van der Waals surface area contributed by atoms with Crippen molar-refractivity contribution in [3.63, 3.8) is 0 Å². The third kappa shape index (κ3) is 2.27. The van der Waals surface area contributed by atoms with E-state index in [-0.39, 0.29) is 18.4 Å². The number of carbonyl (C=O) groups is 1. The van der Waals surface area contributed by atoms with Gasteiger partial charge in [0, 0.05) is 6.42 Å². The van der Waals surface area contributed by atoms with Crippen molar-refractivity contribution in [2.24, 2.45) is 0 Å². The van der Waals surface area contributed by atoms with Crippen LogP contribution < -0.4 is 5.32 Å². The summed E-state index contributed by atoms with van der Waals surface area (Å²) < 4.78 is 0. The maximum absolute atomic E-state index is 11.0. The van der Waals surface area contributed by atoms with Crippen LogP contribution in [0, 0.1) is 0 Å². The van der Waals surface area contributed by atoms with E-state index in [2.05, 4.69) is 5.32 Å². The van der Waals surface area contributed by atoms with Crippen LogP contribution in [0.4, 0.5) is 0 Å². The first-order valence-corrected chi connectivity index (χ1v) is 3.60. The van der Waals surface area contributed by atoms with Crippen LogP contribution >= 0.6 is 12.4 Å². The lowest BCUT2D eigenvalue weighted by atomic mass is 10.1. The van der Waals surface area contributed by atoms with Crippen LogP contribution in [-0.2, 0) is 4.79 Å². The molecule has 0 saturated carbocycles. The van der Waals surface area contributed by atoms with E-state index < -0.39 is 0 Å². The Kier molecular flexibility index (Phi) is 4.65. The molecule has 1 aliphatic heterocycles. The van der Waals surface area contributed by atoms with E-state index in [1.54, 1.807) is 0 Å². The van der Waals surface area contributed by atoms with Crippen molar-refractivity contribution in [3.8, 4) is 0 Å². The Morgan fingerprint density at radius 2 is 2.40 bits per heavy atom. The summed E-state index contributed by atoms with van der Waals surface area (Å²) in [5, 5.41) is 3.16. The molecule has 1 N–H and O–H groups in total. The maximum Gasteiger partial charge on any atom is 0.149 e. The normalized spacial score (nSPS) is 23.9. The molecule has 2 nitrogen and oxygen atoms in total. The van der Waals surface area contributed by atoms with Crippen LogP contribution in [0.2, 0.25) is 0 Å². The van der Waals surface area contributed by atoms with Gasteiger partial charge in [-0.15, -0.1) is 12.4 Å². The van der Waals surface area contributed by atoms with Gasteiger partial charge in [-0.2, -0.15) is 0 Å². The molecule has 0 aliphatic carbocycles. The summed E-state index contributed by atoms with van der Waals surface area (Å²) in [7, 11) is 0. The lowest BCUT2D eigenvalue weighted by Gasteiger charge is -2.04. The van der Waals surface area contributed by atoms with Gasteiger partial charge in [0.15, 0.2) is 0 Å². The molecular weight excluding hydrogens is 150 g/mol. The molecule has 0 aromatic rings. The SMILES string of the molecule is CCC(=O)C1CCCN1.Cl. The number of halogens is 1. The molecular formula is C7H14ClNO. The number of ketones is 1. The molecule has 1 aliphatic rings. The third-order valence-corrected chi connectivity index (χ3v) is 1.80. The minimum absolute atomic E-state index is 0. The topological polar surface area (TPSA) is 29.1 Å². The zero-order chi connectivity index (χ0) is 6.69. The van der Waals surface area contributed by atoms with E-state index in [0.29, 0.717) is 12.2 Å². The molecule has 1 unspecified atom stereocenters. The second kappa shape index (κ2) is 4.69. The van der Waals surface area contributed by atoms with E-state index in [4.69, 9.17) is 0 Å². The molecule has 0 bridgehead atoms. The van der Waals surface area contributed by atoms with Gasteiger partial charge >= 0.3 is 0 Å². The van der Waals surface area contributed by atoms with Crippen LogP contribution in [0.5, 0.6) is 0 Å². The highest BCUT2D eigenvalue weighted by Gasteiger charge is 2.19. The molecule has 0 radical (unpaired) electrons. The molecule has 60 valence electrons. The number of carbonyl (C=O) groups excluding carboxylic acids is 1. The zero-order valence-electron chi connectivity index (χ0n) is 6.22. The van der Waals surface area contributed by atoms with Crippen LogP contribution in [-0.4, -0.2) is 18.4 Å². The van der Waals surface area contributed by atoms with Crippen molar-refractivity contribution in [1.29, 1.82) is 0 Å². The Hall–Kier alpha value is -0.0800. The van der Waals surface area contributed by atoms with Crippen molar-refractivity contribution in [2.75, 3.05) is 6.54 Å². The van der Waals surface area contributed by atoms with Gasteiger partial charge in [0.2, 0.25) is 0 Å². The number of rotatable bonds is 2. The van der Waals surface area contributed by atoms with Crippen molar-refractivity contribution < 1.29 is 4.79 Å². The molecule has 1 heterocycles. The summed E-state index contributed by atoms with van der Waals surface area (Å²) in [6, 6.07) is 0.190. The molecule has 0 aromatic carbocycles. The Morgan fingerprint density at radius 1 is 1.70 bits per heavy atom. The van der Waals surface area contributed by atoms with Gasteiger partial charge in [-0.1, -0.05) is 6.92 Å². The van der Waals surface area contributed by atoms with Crippen molar-refractivity contribution >= 4 is 18.2 Å². The smallest absolute Gasteiger partial charge is 0.149 e. The Morgan fingerprint density at radius 3 is 2.80 bits per heavy atom. The predicted molar refractivity (Wildman–Crippen MR) is 43.6 cm³/mol. The Balaban J connectivity index is 0.000000810. The van der Waals surface area contributed by atoms with Crippen LogP contribution in [0.25, 0.3) is 0 Å². The molecule has 0 amide bonds. The van der Waals surface area contributed by atoms with Crippen LogP contribution in [0.1, 0.15) is 26.2 Å². The van der Waals surface area contributed by atoms with Crippen LogP contribution in [0.3, 0.4) is 0 Å². The Bertz CT molecular complexity index is 110. The highest BCUT2D eigenvalue weighted by molar-refractivity contribution is 5.85. The van der Waals surface area contributed by atoms with Crippen LogP contribution in [0.15, 0.2) is 0 Å². The predicted octanol–water partition coefficient (Wildman–Crippen LogP) is 1.14. The first kappa shape index (κ1) is 9.92. The average Bonchev–Trinajstić information content (AvgIpc) is 2.37. The highest BCUT2D eigenvalue weighted by atomic mass is 35.5. The van der Waals surface area contributed by atoms with E-state index in [1.165, 1.54) is 0 Å². The monoisotopic (exact) mass is 163 g/mol. The minimum Gasteiger partial charge on any atom is -0.307 e. The molecule has 10 heavy (non-hydrogen) atoms. The third-order valence-electron chi connectivity index (χ3n) is 1.80. The quantitative estimate of drug-likeness (QED) is 0.662. The van der Waals surface area contributed by atoms with Gasteiger partial charge in [-0.25, -0.2) is 0 Å². The van der Waals surface area contributed by atoms with Gasteiger partial charge in [-0.3, -0.25) is 4.79 Å². The second-order valence-corrected chi connectivity index (χ2v) is 2.47. The van der Waals surface area contributed by atoms with Gasteiger partial charge in [-0.05, 0) is 19.4 Å². The number of Topliss-reactive ketones (excluding diaryl/α,β-unsaturated/α-hetero) is 1. The Labute approximate surface area is 67.8 Å². The van der Waals surface area contributed by atoms with Crippen molar-refractivity contribution in [1.82, 2.24) is 5.32 Å². The summed E-state index contributed by atoms with van der Waals surface area (Å²) in [4.78, 5) is 11.0. The number of hydrogen-bond acceptors (Lipinski definition) is 2. The molecule has 1 rings (SSSR count). The fourth-order valence-electron chi connectivity index (χ4n) is 1.21. The summed E-state index contributed by atoms with van der Waals surface area (Å²) in [5.41, 5.74) is 0. The molecule has 1 saturated heterocycles. The maximum atomic E-state index is 11.0. The lowest BCUT2D eigenvalue weighted by molar-refractivity contribution is -0.120. The van der Waals surface area contributed by atoms with Gasteiger partial charge < -0.3 is 5.32 Å².